The maximum absolute atomic E-state index is 11.9. The van der Waals surface area contributed by atoms with Crippen molar-refractivity contribution in [2.75, 3.05) is 16.2 Å². The lowest BCUT2D eigenvalue weighted by Gasteiger charge is -2.35. The molecule has 0 spiro atoms. The van der Waals surface area contributed by atoms with E-state index in [4.69, 9.17) is 9.47 Å². The molecule has 0 fully saturated rings. The first kappa shape index (κ1) is 17.0. The van der Waals surface area contributed by atoms with Gasteiger partial charge in [0, 0.05) is 19.4 Å². The van der Waals surface area contributed by atoms with Gasteiger partial charge in [0.25, 0.3) is 0 Å². The highest BCUT2D eigenvalue weighted by Crippen LogP contribution is 2.39. The molecule has 0 saturated heterocycles. The number of fused-ring (bicyclic) bond motifs is 1. The van der Waals surface area contributed by atoms with Gasteiger partial charge in [-0.15, -0.1) is 0 Å². The minimum atomic E-state index is -4.06. The van der Waals surface area contributed by atoms with Crippen LogP contribution in [0.15, 0.2) is 6.20 Å². The molecule has 0 bridgehead atoms. The fraction of sp³-hybridized carbons (Fsp3) is 0.583. The lowest BCUT2D eigenvalue weighted by molar-refractivity contribution is -0.180. The monoisotopic (exact) mass is 350 g/mol. The first-order chi connectivity index (χ1) is 9.83. The normalized spacial score (nSPS) is 17.5. The van der Waals surface area contributed by atoms with Crippen molar-refractivity contribution < 1.29 is 26.3 Å². The van der Waals surface area contributed by atoms with Crippen LogP contribution in [0.4, 0.5) is 5.69 Å². The standard InChI is InChI=1S/C12H18N2O6S2/c1-8-11-9(7-19-12(2,3)20-11)10(6-13-8)14(21(4,15)16)22(5,17)18/h6H,7H2,1-5H3. The molecule has 0 aliphatic carbocycles. The molecule has 0 radical (unpaired) electrons. The van der Waals surface area contributed by atoms with Crippen LogP contribution in [-0.4, -0.2) is 40.1 Å². The van der Waals surface area contributed by atoms with Crippen molar-refractivity contribution in [2.24, 2.45) is 0 Å². The summed E-state index contributed by atoms with van der Waals surface area (Å²) < 4.78 is 59.2. The maximum Gasteiger partial charge on any atom is 0.245 e. The van der Waals surface area contributed by atoms with Crippen molar-refractivity contribution in [3.05, 3.63) is 17.5 Å². The molecule has 0 atom stereocenters. The molecular weight excluding hydrogens is 332 g/mol. The molecule has 0 saturated carbocycles. The fourth-order valence-corrected chi connectivity index (χ4v) is 5.18. The number of sulfonamides is 2. The van der Waals surface area contributed by atoms with Gasteiger partial charge in [-0.3, -0.25) is 4.98 Å². The molecule has 2 rings (SSSR count). The van der Waals surface area contributed by atoms with Crippen molar-refractivity contribution in [3.8, 4) is 5.75 Å². The lowest BCUT2D eigenvalue weighted by Crippen LogP contribution is -2.39. The van der Waals surface area contributed by atoms with Gasteiger partial charge in [-0.05, 0) is 6.92 Å². The molecule has 1 aliphatic rings. The topological polar surface area (TPSA) is 103 Å². The number of anilines is 1. The Kier molecular flexibility index (Phi) is 3.91. The summed E-state index contributed by atoms with van der Waals surface area (Å²) in [5.41, 5.74) is 0.779. The van der Waals surface area contributed by atoms with E-state index in [2.05, 4.69) is 4.98 Å². The zero-order valence-corrected chi connectivity index (χ0v) is 14.6. The number of aromatic nitrogens is 1. The Balaban J connectivity index is 2.73. The highest BCUT2D eigenvalue weighted by Gasteiger charge is 2.36. The van der Waals surface area contributed by atoms with E-state index in [1.165, 1.54) is 6.20 Å². The predicted molar refractivity (Wildman–Crippen MR) is 80.6 cm³/mol. The van der Waals surface area contributed by atoms with Gasteiger partial charge in [0.1, 0.15) is 0 Å². The molecule has 0 N–H and O–H groups in total. The van der Waals surface area contributed by atoms with Crippen LogP contribution in [0.5, 0.6) is 5.75 Å². The van der Waals surface area contributed by atoms with Crippen LogP contribution >= 0.6 is 0 Å². The molecule has 22 heavy (non-hydrogen) atoms. The Labute approximate surface area is 130 Å². The van der Waals surface area contributed by atoms with Crippen LogP contribution in [-0.2, 0) is 31.4 Å². The molecule has 0 amide bonds. The third kappa shape index (κ3) is 3.18. The Morgan fingerprint density at radius 1 is 1.18 bits per heavy atom. The zero-order valence-electron chi connectivity index (χ0n) is 12.9. The molecule has 2 heterocycles. The van der Waals surface area contributed by atoms with Crippen LogP contribution in [0.2, 0.25) is 0 Å². The lowest BCUT2D eigenvalue weighted by atomic mass is 10.1. The summed E-state index contributed by atoms with van der Waals surface area (Å²) in [7, 11) is -8.11. The largest absolute Gasteiger partial charge is 0.461 e. The number of aryl methyl sites for hydroxylation is 1. The highest BCUT2D eigenvalue weighted by atomic mass is 32.3. The van der Waals surface area contributed by atoms with E-state index >= 15 is 0 Å². The van der Waals surface area contributed by atoms with Crippen molar-refractivity contribution in [1.29, 1.82) is 0 Å². The third-order valence-electron chi connectivity index (χ3n) is 3.00. The van der Waals surface area contributed by atoms with Crippen molar-refractivity contribution in [3.63, 3.8) is 0 Å². The molecule has 124 valence electrons. The van der Waals surface area contributed by atoms with E-state index < -0.39 is 25.8 Å². The zero-order chi connectivity index (χ0) is 16.9. The van der Waals surface area contributed by atoms with Gasteiger partial charge in [0.15, 0.2) is 5.75 Å². The first-order valence-electron chi connectivity index (χ1n) is 6.35. The fourth-order valence-electron chi connectivity index (χ4n) is 2.19. The van der Waals surface area contributed by atoms with Gasteiger partial charge in [0.05, 0.1) is 36.7 Å². The minimum Gasteiger partial charge on any atom is -0.461 e. The summed E-state index contributed by atoms with van der Waals surface area (Å²) in [6, 6.07) is 0. The van der Waals surface area contributed by atoms with Crippen LogP contribution in [0.3, 0.4) is 0 Å². The van der Waals surface area contributed by atoms with Crippen molar-refractivity contribution >= 4 is 25.7 Å². The summed E-state index contributed by atoms with van der Waals surface area (Å²) in [5.74, 6) is -0.565. The van der Waals surface area contributed by atoms with Crippen molar-refractivity contribution in [1.82, 2.24) is 4.98 Å². The Bertz CT molecular complexity index is 782. The summed E-state index contributed by atoms with van der Waals surface area (Å²) in [5, 5.41) is 0. The average molecular weight is 350 g/mol. The quantitative estimate of drug-likeness (QED) is 0.793. The molecule has 1 aromatic heterocycles. The SMILES string of the molecule is Cc1ncc(N(S(C)(=O)=O)S(C)(=O)=O)c2c1OC(C)(C)OC2. The molecular formula is C12H18N2O6S2. The summed E-state index contributed by atoms with van der Waals surface area (Å²) in [4.78, 5) is 4.05. The summed E-state index contributed by atoms with van der Waals surface area (Å²) in [6.45, 7) is 5.11. The van der Waals surface area contributed by atoms with Gasteiger partial charge in [-0.25, -0.2) is 16.8 Å². The predicted octanol–water partition coefficient (Wildman–Crippen LogP) is 0.761. The Hall–Kier alpha value is -1.39. The second kappa shape index (κ2) is 5.07. The number of pyridine rings is 1. The maximum atomic E-state index is 11.9. The van der Waals surface area contributed by atoms with E-state index in [9.17, 15) is 16.8 Å². The van der Waals surface area contributed by atoms with Crippen molar-refractivity contribution in [2.45, 2.75) is 33.2 Å². The van der Waals surface area contributed by atoms with Gasteiger partial charge in [0.2, 0.25) is 25.8 Å². The van der Waals surface area contributed by atoms with E-state index in [1.54, 1.807) is 20.8 Å². The van der Waals surface area contributed by atoms with Crippen LogP contribution in [0, 0.1) is 6.92 Å². The molecule has 1 aromatic rings. The number of rotatable bonds is 3. The van der Waals surface area contributed by atoms with E-state index in [-0.39, 0.29) is 12.3 Å². The van der Waals surface area contributed by atoms with Gasteiger partial charge in [-0.1, -0.05) is 0 Å². The van der Waals surface area contributed by atoms with Gasteiger partial charge >= 0.3 is 0 Å². The average Bonchev–Trinajstić information content (AvgIpc) is 2.28. The second-order valence-corrected chi connectivity index (χ2v) is 9.44. The minimum absolute atomic E-state index is 0.0164. The third-order valence-corrected chi connectivity index (χ3v) is 6.23. The molecule has 0 unspecified atom stereocenters. The van der Waals surface area contributed by atoms with E-state index in [0.29, 0.717) is 20.7 Å². The van der Waals surface area contributed by atoms with E-state index in [0.717, 1.165) is 12.5 Å². The molecule has 0 aromatic carbocycles. The second-order valence-electron chi connectivity index (χ2n) is 5.55. The molecule has 1 aliphatic heterocycles. The highest BCUT2D eigenvalue weighted by molar-refractivity contribution is 8.09. The molecule has 10 heteroatoms. The van der Waals surface area contributed by atoms with E-state index in [1.807, 2.05) is 0 Å². The number of hydrogen-bond donors (Lipinski definition) is 0. The smallest absolute Gasteiger partial charge is 0.245 e. The Morgan fingerprint density at radius 2 is 1.73 bits per heavy atom. The van der Waals surface area contributed by atoms with Crippen LogP contribution in [0.1, 0.15) is 25.1 Å². The summed E-state index contributed by atoms with van der Waals surface area (Å²) in [6.07, 6.45) is 2.82. The van der Waals surface area contributed by atoms with Gasteiger partial charge in [-0.2, -0.15) is 3.71 Å². The summed E-state index contributed by atoms with van der Waals surface area (Å²) >= 11 is 0. The number of hydrogen-bond acceptors (Lipinski definition) is 7. The Morgan fingerprint density at radius 3 is 2.23 bits per heavy atom. The molecule has 8 nitrogen and oxygen atoms in total. The van der Waals surface area contributed by atoms with Crippen LogP contribution < -0.4 is 8.45 Å². The number of ether oxygens (including phenoxy) is 2. The van der Waals surface area contributed by atoms with Crippen LogP contribution in [0.25, 0.3) is 0 Å². The first-order valence-corrected chi connectivity index (χ1v) is 10.0. The van der Waals surface area contributed by atoms with Gasteiger partial charge < -0.3 is 9.47 Å². The number of nitrogens with zero attached hydrogens (tertiary/aromatic N) is 2.